The van der Waals surface area contributed by atoms with E-state index >= 15 is 0 Å². The zero-order chi connectivity index (χ0) is 12.5. The summed E-state index contributed by atoms with van der Waals surface area (Å²) in [7, 11) is 1.48. The summed E-state index contributed by atoms with van der Waals surface area (Å²) in [6.07, 6.45) is 2.05. The Morgan fingerprint density at radius 3 is 2.59 bits per heavy atom. The van der Waals surface area contributed by atoms with Gasteiger partial charge < -0.3 is 15.4 Å². The van der Waals surface area contributed by atoms with Crippen molar-refractivity contribution in [3.8, 4) is 5.75 Å². The van der Waals surface area contributed by atoms with Crippen LogP contribution in [0.15, 0.2) is 12.1 Å². The molecule has 1 aromatic carbocycles. The van der Waals surface area contributed by atoms with Gasteiger partial charge in [-0.05, 0) is 12.8 Å². The van der Waals surface area contributed by atoms with Crippen LogP contribution in [0.3, 0.4) is 0 Å². The van der Waals surface area contributed by atoms with Gasteiger partial charge in [-0.3, -0.25) is 0 Å². The summed E-state index contributed by atoms with van der Waals surface area (Å²) in [4.78, 5) is 0. The molecule has 0 spiro atoms. The highest BCUT2D eigenvalue weighted by Gasteiger charge is 2.31. The fraction of sp³-hybridized carbons (Fsp3) is 0.538. The van der Waals surface area contributed by atoms with Crippen molar-refractivity contribution in [3.63, 3.8) is 0 Å². The largest absolute Gasteiger partial charge is 0.494 e. The molecule has 94 valence electrons. The third-order valence-corrected chi connectivity index (χ3v) is 3.66. The lowest BCUT2D eigenvalue weighted by Crippen LogP contribution is -2.46. The van der Waals surface area contributed by atoms with Crippen molar-refractivity contribution in [2.75, 3.05) is 24.3 Å². The fourth-order valence-corrected chi connectivity index (χ4v) is 2.23. The van der Waals surface area contributed by atoms with Crippen molar-refractivity contribution >= 4 is 11.4 Å². The summed E-state index contributed by atoms with van der Waals surface area (Å²) < 4.78 is 18.5. The van der Waals surface area contributed by atoms with Crippen LogP contribution in [-0.2, 0) is 0 Å². The number of rotatable bonds is 3. The summed E-state index contributed by atoms with van der Waals surface area (Å²) in [5.41, 5.74) is 1.77. The topological polar surface area (TPSA) is 33.3 Å². The monoisotopic (exact) mass is 238 g/mol. The zero-order valence-electron chi connectivity index (χ0n) is 10.6. The van der Waals surface area contributed by atoms with Crippen molar-refractivity contribution in [1.29, 1.82) is 0 Å². The molecule has 0 unspecified atom stereocenters. The van der Waals surface area contributed by atoms with Crippen LogP contribution in [-0.4, -0.2) is 19.2 Å². The predicted molar refractivity (Wildman–Crippen MR) is 68.4 cm³/mol. The van der Waals surface area contributed by atoms with E-state index in [0.29, 0.717) is 0 Å². The van der Waals surface area contributed by atoms with Gasteiger partial charge in [0, 0.05) is 18.7 Å². The maximum absolute atomic E-state index is 13.5. The normalized spacial score (nSPS) is 16.7. The van der Waals surface area contributed by atoms with Gasteiger partial charge in [0.25, 0.3) is 0 Å². The van der Waals surface area contributed by atoms with E-state index in [2.05, 4.69) is 24.5 Å². The molecule has 4 heteroatoms. The lowest BCUT2D eigenvalue weighted by molar-refractivity contribution is 0.385. The highest BCUT2D eigenvalue weighted by atomic mass is 19.1. The standard InChI is InChI=1S/C13H19FN2O/c1-4-13(5-2)8-15-10-6-9(14)12(17-3)7-11(10)16-13/h6-7,15-16H,4-5,8H2,1-3H3. The summed E-state index contributed by atoms with van der Waals surface area (Å²) in [6.45, 7) is 5.13. The highest BCUT2D eigenvalue weighted by Crippen LogP contribution is 2.37. The average Bonchev–Trinajstić information content (AvgIpc) is 2.37. The number of methoxy groups -OCH3 is 1. The molecule has 1 aliphatic heterocycles. The number of fused-ring (bicyclic) bond motifs is 1. The second-order valence-corrected chi connectivity index (χ2v) is 4.50. The van der Waals surface area contributed by atoms with Gasteiger partial charge in [-0.2, -0.15) is 0 Å². The molecule has 1 heterocycles. The maximum atomic E-state index is 13.5. The number of nitrogens with one attached hydrogen (secondary N) is 2. The van der Waals surface area contributed by atoms with Crippen LogP contribution in [0, 0.1) is 5.82 Å². The first-order valence-electron chi connectivity index (χ1n) is 6.03. The number of ether oxygens (including phenoxy) is 1. The quantitative estimate of drug-likeness (QED) is 0.848. The van der Waals surface area contributed by atoms with E-state index in [0.717, 1.165) is 30.8 Å². The number of halogens is 1. The number of anilines is 2. The van der Waals surface area contributed by atoms with E-state index in [4.69, 9.17) is 4.74 Å². The Labute approximate surface area is 101 Å². The Bertz CT molecular complexity index is 416. The molecule has 0 aliphatic carbocycles. The van der Waals surface area contributed by atoms with Crippen molar-refractivity contribution in [1.82, 2.24) is 0 Å². The van der Waals surface area contributed by atoms with Gasteiger partial charge in [0.2, 0.25) is 0 Å². The van der Waals surface area contributed by atoms with Gasteiger partial charge in [0.15, 0.2) is 11.6 Å². The van der Waals surface area contributed by atoms with Crippen molar-refractivity contribution < 1.29 is 9.13 Å². The van der Waals surface area contributed by atoms with Crippen molar-refractivity contribution in [2.45, 2.75) is 32.2 Å². The summed E-state index contributed by atoms with van der Waals surface area (Å²) in [6, 6.07) is 3.20. The minimum absolute atomic E-state index is 0.0514. The van der Waals surface area contributed by atoms with Crippen LogP contribution in [0.1, 0.15) is 26.7 Å². The molecule has 1 aliphatic rings. The van der Waals surface area contributed by atoms with Gasteiger partial charge >= 0.3 is 0 Å². The van der Waals surface area contributed by atoms with Crippen LogP contribution < -0.4 is 15.4 Å². The van der Waals surface area contributed by atoms with Gasteiger partial charge in [-0.25, -0.2) is 4.39 Å². The molecule has 2 N–H and O–H groups in total. The first-order valence-corrected chi connectivity index (χ1v) is 6.03. The molecular weight excluding hydrogens is 219 g/mol. The highest BCUT2D eigenvalue weighted by molar-refractivity contribution is 5.74. The van der Waals surface area contributed by atoms with E-state index in [1.54, 1.807) is 6.07 Å². The van der Waals surface area contributed by atoms with Crippen LogP contribution in [0.5, 0.6) is 5.75 Å². The minimum Gasteiger partial charge on any atom is -0.494 e. The summed E-state index contributed by atoms with van der Waals surface area (Å²) in [5.74, 6) is -0.0536. The second-order valence-electron chi connectivity index (χ2n) is 4.50. The van der Waals surface area contributed by atoms with E-state index in [1.165, 1.54) is 13.2 Å². The number of hydrogen-bond donors (Lipinski definition) is 2. The Morgan fingerprint density at radius 1 is 1.29 bits per heavy atom. The van der Waals surface area contributed by atoms with E-state index < -0.39 is 0 Å². The second kappa shape index (κ2) is 4.43. The van der Waals surface area contributed by atoms with Gasteiger partial charge in [0.1, 0.15) is 0 Å². The molecule has 0 radical (unpaired) electrons. The molecule has 0 fully saturated rings. The average molecular weight is 238 g/mol. The van der Waals surface area contributed by atoms with Crippen LogP contribution >= 0.6 is 0 Å². The van der Waals surface area contributed by atoms with Crippen molar-refractivity contribution in [3.05, 3.63) is 17.9 Å². The molecule has 17 heavy (non-hydrogen) atoms. The minimum atomic E-state index is -0.332. The maximum Gasteiger partial charge on any atom is 0.167 e. The summed E-state index contributed by atoms with van der Waals surface area (Å²) >= 11 is 0. The Kier molecular flexibility index (Phi) is 3.13. The predicted octanol–water partition coefficient (Wildman–Crippen LogP) is 3.23. The summed E-state index contributed by atoms with van der Waals surface area (Å²) in [5, 5.41) is 6.79. The number of hydrogen-bond acceptors (Lipinski definition) is 3. The Balaban J connectivity index is 2.37. The zero-order valence-corrected chi connectivity index (χ0v) is 10.6. The lowest BCUT2D eigenvalue weighted by Gasteiger charge is -2.39. The third-order valence-electron chi connectivity index (χ3n) is 3.66. The van der Waals surface area contributed by atoms with Crippen molar-refractivity contribution in [2.24, 2.45) is 0 Å². The molecule has 3 nitrogen and oxygen atoms in total. The molecule has 0 bridgehead atoms. The van der Waals surface area contributed by atoms with Gasteiger partial charge in [-0.15, -0.1) is 0 Å². The third kappa shape index (κ3) is 2.04. The van der Waals surface area contributed by atoms with Crippen LogP contribution in [0.2, 0.25) is 0 Å². The molecule has 2 rings (SSSR count). The molecule has 0 saturated carbocycles. The smallest absolute Gasteiger partial charge is 0.167 e. The molecule has 0 atom stereocenters. The Hall–Kier alpha value is -1.45. The Morgan fingerprint density at radius 2 is 2.00 bits per heavy atom. The van der Waals surface area contributed by atoms with Crippen LogP contribution in [0.25, 0.3) is 0 Å². The van der Waals surface area contributed by atoms with E-state index in [1.807, 2.05) is 0 Å². The van der Waals surface area contributed by atoms with Crippen LogP contribution in [0.4, 0.5) is 15.8 Å². The molecule has 0 aromatic heterocycles. The SMILES string of the molecule is CCC1(CC)CNc2cc(F)c(OC)cc2N1. The molecular formula is C13H19FN2O. The van der Waals surface area contributed by atoms with Gasteiger partial charge in [0.05, 0.1) is 24.0 Å². The van der Waals surface area contributed by atoms with Gasteiger partial charge in [-0.1, -0.05) is 13.8 Å². The molecule has 0 amide bonds. The van der Waals surface area contributed by atoms with E-state index in [9.17, 15) is 4.39 Å². The number of benzene rings is 1. The van der Waals surface area contributed by atoms with E-state index in [-0.39, 0.29) is 17.1 Å². The lowest BCUT2D eigenvalue weighted by atomic mass is 9.90. The first-order chi connectivity index (χ1) is 8.14. The first kappa shape index (κ1) is 12.0. The molecule has 0 saturated heterocycles. The molecule has 1 aromatic rings. The fourth-order valence-electron chi connectivity index (χ4n) is 2.23.